The molecule has 25 heavy (non-hydrogen) atoms. The second-order valence-electron chi connectivity index (χ2n) is 5.39. The standard InChI is InChI=1S/C18H16BrN3O2S/c1-12-8-15(22-24-12)11-25-18-16(6-3-7-20-18)17(23)21-10-13-4-2-5-14(19)9-13/h2-9H,10-11H2,1H3,(H,21,23). The molecule has 2 heterocycles. The van der Waals surface area contributed by atoms with Crippen LogP contribution in [0.2, 0.25) is 0 Å². The van der Waals surface area contributed by atoms with Crippen LogP contribution in [0.15, 0.2) is 62.7 Å². The Labute approximate surface area is 158 Å². The van der Waals surface area contributed by atoms with Gasteiger partial charge in [0.1, 0.15) is 10.8 Å². The molecule has 0 saturated heterocycles. The Balaban J connectivity index is 1.65. The number of nitrogens with zero attached hydrogens (tertiary/aromatic N) is 2. The van der Waals surface area contributed by atoms with Crippen molar-refractivity contribution in [1.29, 1.82) is 0 Å². The van der Waals surface area contributed by atoms with Crippen LogP contribution in [-0.4, -0.2) is 16.0 Å². The van der Waals surface area contributed by atoms with Crippen molar-refractivity contribution < 1.29 is 9.32 Å². The third-order valence-electron chi connectivity index (χ3n) is 3.39. The molecule has 5 nitrogen and oxygen atoms in total. The van der Waals surface area contributed by atoms with Gasteiger partial charge in [0, 0.05) is 29.0 Å². The van der Waals surface area contributed by atoms with Gasteiger partial charge in [-0.25, -0.2) is 4.98 Å². The summed E-state index contributed by atoms with van der Waals surface area (Å²) in [5.41, 5.74) is 2.41. The molecule has 7 heteroatoms. The quantitative estimate of drug-likeness (QED) is 0.603. The van der Waals surface area contributed by atoms with Gasteiger partial charge in [0.2, 0.25) is 0 Å². The summed E-state index contributed by atoms with van der Waals surface area (Å²) >= 11 is 4.89. The monoisotopic (exact) mass is 417 g/mol. The Bertz CT molecular complexity index is 882. The van der Waals surface area contributed by atoms with Crippen LogP contribution in [0.25, 0.3) is 0 Å². The number of nitrogens with one attached hydrogen (secondary N) is 1. The second kappa shape index (κ2) is 8.31. The van der Waals surface area contributed by atoms with E-state index in [4.69, 9.17) is 4.52 Å². The third-order valence-corrected chi connectivity index (χ3v) is 4.92. The Morgan fingerprint density at radius 3 is 2.92 bits per heavy atom. The lowest BCUT2D eigenvalue weighted by atomic mass is 10.2. The van der Waals surface area contributed by atoms with Crippen LogP contribution >= 0.6 is 27.7 Å². The van der Waals surface area contributed by atoms with E-state index in [0.29, 0.717) is 22.9 Å². The second-order valence-corrected chi connectivity index (χ2v) is 7.27. The van der Waals surface area contributed by atoms with Gasteiger partial charge < -0.3 is 9.84 Å². The summed E-state index contributed by atoms with van der Waals surface area (Å²) < 4.78 is 6.05. The van der Waals surface area contributed by atoms with Crippen LogP contribution in [-0.2, 0) is 12.3 Å². The largest absolute Gasteiger partial charge is 0.361 e. The number of thioether (sulfide) groups is 1. The van der Waals surface area contributed by atoms with Crippen molar-refractivity contribution in [3.8, 4) is 0 Å². The first-order valence-corrected chi connectivity index (χ1v) is 9.42. The molecule has 0 spiro atoms. The Morgan fingerprint density at radius 1 is 1.28 bits per heavy atom. The molecule has 3 aromatic rings. The van der Waals surface area contributed by atoms with Crippen molar-refractivity contribution in [2.45, 2.75) is 24.2 Å². The minimum Gasteiger partial charge on any atom is -0.361 e. The molecule has 128 valence electrons. The maximum absolute atomic E-state index is 12.5. The van der Waals surface area contributed by atoms with Crippen LogP contribution in [0.1, 0.15) is 27.4 Å². The highest BCUT2D eigenvalue weighted by atomic mass is 79.9. The summed E-state index contributed by atoms with van der Waals surface area (Å²) in [6.07, 6.45) is 1.68. The number of benzene rings is 1. The zero-order valence-electron chi connectivity index (χ0n) is 13.5. The fourth-order valence-corrected chi connectivity index (χ4v) is 3.55. The summed E-state index contributed by atoms with van der Waals surface area (Å²) in [6.45, 7) is 2.31. The topological polar surface area (TPSA) is 68.0 Å². The van der Waals surface area contributed by atoms with Gasteiger partial charge in [-0.3, -0.25) is 4.79 Å². The molecular weight excluding hydrogens is 402 g/mol. The van der Waals surface area contributed by atoms with Crippen LogP contribution in [0, 0.1) is 6.92 Å². The first kappa shape index (κ1) is 17.7. The van der Waals surface area contributed by atoms with Gasteiger partial charge >= 0.3 is 0 Å². The van der Waals surface area contributed by atoms with Crippen molar-refractivity contribution in [3.05, 3.63) is 75.7 Å². The number of halogens is 1. The molecule has 0 atom stereocenters. The molecule has 3 rings (SSSR count). The third kappa shape index (κ3) is 4.93. The van der Waals surface area contributed by atoms with Gasteiger partial charge in [0.15, 0.2) is 0 Å². The zero-order chi connectivity index (χ0) is 17.6. The van der Waals surface area contributed by atoms with Crippen molar-refractivity contribution in [1.82, 2.24) is 15.5 Å². The molecule has 0 saturated carbocycles. The van der Waals surface area contributed by atoms with E-state index in [-0.39, 0.29) is 5.91 Å². The van der Waals surface area contributed by atoms with Crippen LogP contribution < -0.4 is 5.32 Å². The minimum absolute atomic E-state index is 0.146. The summed E-state index contributed by atoms with van der Waals surface area (Å²) in [5, 5.41) is 7.57. The predicted molar refractivity (Wildman–Crippen MR) is 100 cm³/mol. The average molecular weight is 418 g/mol. The smallest absolute Gasteiger partial charge is 0.254 e. The number of carbonyl (C=O) groups excluding carboxylic acids is 1. The fraction of sp³-hybridized carbons (Fsp3) is 0.167. The van der Waals surface area contributed by atoms with Gasteiger partial charge in [0.05, 0.1) is 11.3 Å². The lowest BCUT2D eigenvalue weighted by Crippen LogP contribution is -2.23. The lowest BCUT2D eigenvalue weighted by Gasteiger charge is -2.09. The maximum Gasteiger partial charge on any atom is 0.254 e. The molecule has 0 aliphatic heterocycles. The van der Waals surface area contributed by atoms with Crippen LogP contribution in [0.4, 0.5) is 0 Å². The number of carbonyl (C=O) groups is 1. The molecule has 0 radical (unpaired) electrons. The van der Waals surface area contributed by atoms with E-state index in [1.807, 2.05) is 37.3 Å². The first-order valence-electron chi connectivity index (χ1n) is 7.64. The van der Waals surface area contributed by atoms with Gasteiger partial charge in [0.25, 0.3) is 5.91 Å². The van der Waals surface area contributed by atoms with E-state index in [0.717, 1.165) is 21.5 Å². The highest BCUT2D eigenvalue weighted by Crippen LogP contribution is 2.24. The fourth-order valence-electron chi connectivity index (χ4n) is 2.23. The van der Waals surface area contributed by atoms with E-state index in [9.17, 15) is 4.79 Å². The normalized spacial score (nSPS) is 10.6. The molecule has 2 aromatic heterocycles. The van der Waals surface area contributed by atoms with Crippen LogP contribution in [0.5, 0.6) is 0 Å². The molecule has 1 N–H and O–H groups in total. The van der Waals surface area contributed by atoms with E-state index in [1.165, 1.54) is 11.8 Å². The van der Waals surface area contributed by atoms with E-state index in [1.54, 1.807) is 18.3 Å². The minimum atomic E-state index is -0.146. The summed E-state index contributed by atoms with van der Waals surface area (Å²) in [5.74, 6) is 1.22. The molecule has 1 aromatic carbocycles. The first-order chi connectivity index (χ1) is 12.1. The maximum atomic E-state index is 12.5. The lowest BCUT2D eigenvalue weighted by molar-refractivity contribution is 0.0947. The van der Waals surface area contributed by atoms with Crippen molar-refractivity contribution in [3.63, 3.8) is 0 Å². The summed E-state index contributed by atoms with van der Waals surface area (Å²) in [4.78, 5) is 16.9. The highest BCUT2D eigenvalue weighted by Gasteiger charge is 2.13. The van der Waals surface area contributed by atoms with Crippen molar-refractivity contribution >= 4 is 33.6 Å². The van der Waals surface area contributed by atoms with E-state index < -0.39 is 0 Å². The van der Waals surface area contributed by atoms with Crippen molar-refractivity contribution in [2.24, 2.45) is 0 Å². The number of pyridine rings is 1. The SMILES string of the molecule is Cc1cc(CSc2ncccc2C(=O)NCc2cccc(Br)c2)no1. The molecule has 0 bridgehead atoms. The van der Waals surface area contributed by atoms with Gasteiger partial charge in [-0.2, -0.15) is 0 Å². The number of amides is 1. The van der Waals surface area contributed by atoms with Crippen LogP contribution in [0.3, 0.4) is 0 Å². The molecule has 0 fully saturated rings. The molecule has 0 aliphatic carbocycles. The van der Waals surface area contributed by atoms with Crippen molar-refractivity contribution in [2.75, 3.05) is 0 Å². The molecule has 0 aliphatic rings. The Kier molecular flexibility index (Phi) is 5.88. The predicted octanol–water partition coefficient (Wildman–Crippen LogP) is 4.36. The number of hydrogen-bond acceptors (Lipinski definition) is 5. The zero-order valence-corrected chi connectivity index (χ0v) is 15.9. The Hall–Kier alpha value is -2.12. The summed E-state index contributed by atoms with van der Waals surface area (Å²) in [7, 11) is 0. The highest BCUT2D eigenvalue weighted by molar-refractivity contribution is 9.10. The number of hydrogen-bond donors (Lipinski definition) is 1. The average Bonchev–Trinajstić information content (AvgIpc) is 3.03. The van der Waals surface area contributed by atoms with E-state index in [2.05, 4.69) is 31.4 Å². The molecular formula is C18H16BrN3O2S. The van der Waals surface area contributed by atoms with Gasteiger partial charge in [-0.05, 0) is 36.8 Å². The summed E-state index contributed by atoms with van der Waals surface area (Å²) in [6, 6.07) is 13.3. The number of rotatable bonds is 6. The molecule has 0 unspecified atom stereocenters. The Morgan fingerprint density at radius 2 is 2.16 bits per heavy atom. The van der Waals surface area contributed by atoms with Gasteiger partial charge in [-0.15, -0.1) is 0 Å². The number of aromatic nitrogens is 2. The van der Waals surface area contributed by atoms with Gasteiger partial charge in [-0.1, -0.05) is 45.0 Å². The van der Waals surface area contributed by atoms with E-state index >= 15 is 0 Å². The molecule has 1 amide bonds. The number of aryl methyl sites for hydroxylation is 1.